The number of halogens is 1. The lowest BCUT2D eigenvalue weighted by Gasteiger charge is -2.25. The average molecular weight is 321 g/mol. The largest absolute Gasteiger partial charge is 0.371 e. The summed E-state index contributed by atoms with van der Waals surface area (Å²) in [4.78, 5) is 18.8. The predicted molar refractivity (Wildman–Crippen MR) is 80.7 cm³/mol. The lowest BCUT2D eigenvalue weighted by atomic mass is 10.0. The lowest BCUT2D eigenvalue weighted by Crippen LogP contribution is -2.33. The van der Waals surface area contributed by atoms with Crippen LogP contribution in [-0.4, -0.2) is 34.6 Å². The second-order valence-corrected chi connectivity index (χ2v) is 5.15. The fraction of sp³-hybridized carbons (Fsp3) is 0.286. The minimum atomic E-state index is -0.440. The summed E-state index contributed by atoms with van der Waals surface area (Å²) >= 11 is 5.90. The number of ether oxygens (including phenoxy) is 1. The van der Waals surface area contributed by atoms with Gasteiger partial charge in [-0.25, -0.2) is 9.97 Å². The van der Waals surface area contributed by atoms with Crippen LogP contribution in [0.4, 0.5) is 5.69 Å². The van der Waals surface area contributed by atoms with Gasteiger partial charge < -0.3 is 10.1 Å². The van der Waals surface area contributed by atoms with E-state index in [1.807, 2.05) is 0 Å². The molecule has 1 atom stereocenters. The van der Waals surface area contributed by atoms with Crippen molar-refractivity contribution >= 4 is 17.3 Å². The third-order valence-corrected chi connectivity index (χ3v) is 3.57. The summed E-state index contributed by atoms with van der Waals surface area (Å²) in [5, 5.41) is 14.3. The molecule has 1 N–H and O–H groups in total. The Morgan fingerprint density at radius 3 is 3.05 bits per heavy atom. The normalized spacial score (nSPS) is 18.1. The van der Waals surface area contributed by atoms with Crippen LogP contribution in [0.15, 0.2) is 30.5 Å². The third-order valence-electron chi connectivity index (χ3n) is 3.39. The van der Waals surface area contributed by atoms with Gasteiger partial charge in [-0.2, -0.15) is 0 Å². The fourth-order valence-corrected chi connectivity index (χ4v) is 2.50. The van der Waals surface area contributed by atoms with E-state index in [0.717, 1.165) is 12.1 Å². The zero-order chi connectivity index (χ0) is 15.5. The van der Waals surface area contributed by atoms with Crippen molar-refractivity contribution in [3.05, 3.63) is 51.4 Å². The number of morpholine rings is 1. The van der Waals surface area contributed by atoms with Gasteiger partial charge in [-0.15, -0.1) is 0 Å². The third kappa shape index (κ3) is 3.06. The fourth-order valence-electron chi connectivity index (χ4n) is 2.37. The first-order valence-electron chi connectivity index (χ1n) is 6.75. The van der Waals surface area contributed by atoms with Crippen molar-refractivity contribution in [3.63, 3.8) is 0 Å². The Labute approximate surface area is 131 Å². The average Bonchev–Trinajstić information content (AvgIpc) is 2.55. The van der Waals surface area contributed by atoms with Gasteiger partial charge in [0, 0.05) is 42.5 Å². The molecule has 22 heavy (non-hydrogen) atoms. The van der Waals surface area contributed by atoms with Crippen LogP contribution >= 0.6 is 11.6 Å². The molecule has 7 nitrogen and oxygen atoms in total. The highest BCUT2D eigenvalue weighted by Gasteiger charge is 2.22. The molecule has 2 aromatic rings. The highest BCUT2D eigenvalue weighted by molar-refractivity contribution is 6.28. The van der Waals surface area contributed by atoms with Crippen LogP contribution in [0.5, 0.6) is 0 Å². The number of aromatic nitrogens is 2. The molecule has 0 radical (unpaired) electrons. The first-order chi connectivity index (χ1) is 10.6. The van der Waals surface area contributed by atoms with Crippen LogP contribution in [0.3, 0.4) is 0 Å². The van der Waals surface area contributed by atoms with Gasteiger partial charge in [0.25, 0.3) is 5.69 Å². The Morgan fingerprint density at radius 2 is 2.32 bits per heavy atom. The molecule has 1 aliphatic heterocycles. The van der Waals surface area contributed by atoms with Crippen molar-refractivity contribution in [1.82, 2.24) is 15.3 Å². The molecule has 0 amide bonds. The first kappa shape index (κ1) is 14.8. The number of nitrogens with zero attached hydrogens (tertiary/aromatic N) is 3. The second-order valence-electron chi connectivity index (χ2n) is 4.81. The van der Waals surface area contributed by atoms with Gasteiger partial charge in [-0.3, -0.25) is 10.1 Å². The number of rotatable bonds is 3. The van der Waals surface area contributed by atoms with Crippen LogP contribution in [0, 0.1) is 10.1 Å². The van der Waals surface area contributed by atoms with Crippen molar-refractivity contribution in [3.8, 4) is 11.3 Å². The number of hydrogen-bond acceptors (Lipinski definition) is 6. The molecule has 0 bridgehead atoms. The molecule has 2 heterocycles. The maximum absolute atomic E-state index is 11.0. The van der Waals surface area contributed by atoms with E-state index in [1.54, 1.807) is 18.3 Å². The summed E-state index contributed by atoms with van der Waals surface area (Å²) < 4.78 is 5.72. The van der Waals surface area contributed by atoms with Gasteiger partial charge in [-0.05, 0) is 11.6 Å². The van der Waals surface area contributed by atoms with Gasteiger partial charge >= 0.3 is 0 Å². The van der Waals surface area contributed by atoms with E-state index < -0.39 is 4.92 Å². The van der Waals surface area contributed by atoms with Gasteiger partial charge in [0.05, 0.1) is 23.3 Å². The van der Waals surface area contributed by atoms with Gasteiger partial charge in [-0.1, -0.05) is 12.1 Å². The minimum absolute atomic E-state index is 0.000808. The van der Waals surface area contributed by atoms with Gasteiger partial charge in [0.1, 0.15) is 0 Å². The molecule has 3 rings (SSSR count). The first-order valence-corrected chi connectivity index (χ1v) is 7.12. The maximum atomic E-state index is 11.0. The number of benzene rings is 1. The zero-order valence-corrected chi connectivity index (χ0v) is 12.3. The monoisotopic (exact) mass is 320 g/mol. The SMILES string of the molecule is O=[N+]([O-])c1cccc(-c2nc(Cl)ncc2C2CNCCO2)c1. The zero-order valence-electron chi connectivity index (χ0n) is 11.5. The Hall–Kier alpha value is -2.09. The van der Waals surface area contributed by atoms with E-state index in [9.17, 15) is 10.1 Å². The second kappa shape index (κ2) is 6.35. The molecule has 1 fully saturated rings. The van der Waals surface area contributed by atoms with E-state index in [0.29, 0.717) is 24.4 Å². The molecule has 0 saturated carbocycles. The summed E-state index contributed by atoms with van der Waals surface area (Å²) in [6, 6.07) is 6.28. The topological polar surface area (TPSA) is 90.2 Å². The number of nitrogens with one attached hydrogen (secondary N) is 1. The van der Waals surface area contributed by atoms with E-state index in [4.69, 9.17) is 16.3 Å². The molecule has 1 aliphatic rings. The van der Waals surface area contributed by atoms with Crippen molar-refractivity contribution < 1.29 is 9.66 Å². The summed E-state index contributed by atoms with van der Waals surface area (Å²) in [5.41, 5.74) is 1.93. The van der Waals surface area contributed by atoms with Crippen molar-refractivity contribution in [1.29, 1.82) is 0 Å². The molecular formula is C14H13ClN4O3. The summed E-state index contributed by atoms with van der Waals surface area (Å²) in [6.45, 7) is 2.01. The van der Waals surface area contributed by atoms with E-state index >= 15 is 0 Å². The highest BCUT2D eigenvalue weighted by atomic mass is 35.5. The highest BCUT2D eigenvalue weighted by Crippen LogP contribution is 2.31. The molecule has 1 saturated heterocycles. The van der Waals surface area contributed by atoms with Crippen LogP contribution in [-0.2, 0) is 4.74 Å². The molecule has 1 unspecified atom stereocenters. The lowest BCUT2D eigenvalue weighted by molar-refractivity contribution is -0.384. The smallest absolute Gasteiger partial charge is 0.270 e. The van der Waals surface area contributed by atoms with E-state index in [1.165, 1.54) is 12.1 Å². The number of non-ortho nitro benzene ring substituents is 1. The molecular weight excluding hydrogens is 308 g/mol. The summed E-state index contributed by atoms with van der Waals surface area (Å²) in [5.74, 6) is 0. The minimum Gasteiger partial charge on any atom is -0.371 e. The Morgan fingerprint density at radius 1 is 1.45 bits per heavy atom. The van der Waals surface area contributed by atoms with E-state index in [-0.39, 0.29) is 17.1 Å². The van der Waals surface area contributed by atoms with Crippen molar-refractivity contribution in [2.24, 2.45) is 0 Å². The Bertz CT molecular complexity index is 704. The van der Waals surface area contributed by atoms with Gasteiger partial charge in [0.2, 0.25) is 5.28 Å². The standard InChI is InChI=1S/C14H13ClN4O3/c15-14-17-7-11(12-8-16-4-5-22-12)13(18-14)9-2-1-3-10(6-9)19(20)21/h1-3,6-7,12,16H,4-5,8H2. The van der Waals surface area contributed by atoms with Crippen LogP contribution in [0.25, 0.3) is 11.3 Å². The maximum Gasteiger partial charge on any atom is 0.270 e. The van der Waals surface area contributed by atoms with Crippen LogP contribution in [0.2, 0.25) is 5.28 Å². The molecule has 1 aromatic carbocycles. The predicted octanol–water partition coefficient (Wildman–Crippen LogP) is 2.37. The van der Waals surface area contributed by atoms with E-state index in [2.05, 4.69) is 15.3 Å². The van der Waals surface area contributed by atoms with Crippen LogP contribution in [0.1, 0.15) is 11.7 Å². The van der Waals surface area contributed by atoms with Crippen LogP contribution < -0.4 is 5.32 Å². The van der Waals surface area contributed by atoms with Crippen molar-refractivity contribution in [2.75, 3.05) is 19.7 Å². The summed E-state index contributed by atoms with van der Waals surface area (Å²) in [6.07, 6.45) is 1.40. The Kier molecular flexibility index (Phi) is 4.28. The molecule has 0 aliphatic carbocycles. The summed E-state index contributed by atoms with van der Waals surface area (Å²) in [7, 11) is 0. The molecule has 114 valence electrons. The quantitative estimate of drug-likeness (QED) is 0.530. The van der Waals surface area contributed by atoms with Crippen molar-refractivity contribution in [2.45, 2.75) is 6.10 Å². The Balaban J connectivity index is 2.06. The molecule has 1 aromatic heterocycles. The number of nitro benzene ring substituents is 1. The number of hydrogen-bond donors (Lipinski definition) is 1. The molecule has 0 spiro atoms. The van der Waals surface area contributed by atoms with Gasteiger partial charge in [0.15, 0.2) is 0 Å². The molecule has 8 heteroatoms. The number of nitro groups is 1.